The Hall–Kier alpha value is -2.80. The molecule has 0 bridgehead atoms. The Balaban J connectivity index is 1.84. The van der Waals surface area contributed by atoms with Gasteiger partial charge in [-0.1, -0.05) is 6.07 Å². The lowest BCUT2D eigenvalue weighted by Crippen LogP contribution is -2.20. The van der Waals surface area contributed by atoms with Crippen molar-refractivity contribution in [2.75, 3.05) is 19.5 Å². The molecular weight excluding hydrogens is 324 g/mol. The van der Waals surface area contributed by atoms with Gasteiger partial charge in [0.1, 0.15) is 23.9 Å². The van der Waals surface area contributed by atoms with Crippen LogP contribution in [0.15, 0.2) is 48.1 Å². The average molecular weight is 340 g/mol. The number of benzene rings is 1. The van der Waals surface area contributed by atoms with Crippen molar-refractivity contribution in [3.8, 4) is 11.5 Å². The van der Waals surface area contributed by atoms with Crippen LogP contribution in [0, 0.1) is 0 Å². The number of rotatable bonds is 4. The summed E-state index contributed by atoms with van der Waals surface area (Å²) < 4.78 is 12.7. The van der Waals surface area contributed by atoms with Crippen LogP contribution in [-0.4, -0.2) is 29.0 Å². The van der Waals surface area contributed by atoms with Crippen LogP contribution >= 0.6 is 11.3 Å². The molecule has 0 saturated heterocycles. The van der Waals surface area contributed by atoms with Crippen LogP contribution in [0.1, 0.15) is 16.5 Å². The second-order valence-electron chi connectivity index (χ2n) is 5.26. The van der Waals surface area contributed by atoms with Gasteiger partial charge in [0.2, 0.25) is 5.95 Å². The van der Waals surface area contributed by atoms with Crippen LogP contribution in [-0.2, 0) is 0 Å². The van der Waals surface area contributed by atoms with Gasteiger partial charge >= 0.3 is 0 Å². The van der Waals surface area contributed by atoms with E-state index in [4.69, 9.17) is 9.47 Å². The lowest BCUT2D eigenvalue weighted by atomic mass is 10.0. The topological polar surface area (TPSA) is 61.2 Å². The van der Waals surface area contributed by atoms with E-state index in [0.717, 1.165) is 27.6 Å². The highest BCUT2D eigenvalue weighted by Crippen LogP contribution is 2.38. The molecular formula is C17H16N4O2S. The quantitative estimate of drug-likeness (QED) is 0.788. The van der Waals surface area contributed by atoms with Crippen molar-refractivity contribution < 1.29 is 9.47 Å². The summed E-state index contributed by atoms with van der Waals surface area (Å²) in [6.07, 6.45) is 3.69. The molecule has 0 unspecified atom stereocenters. The fourth-order valence-corrected chi connectivity index (χ4v) is 3.50. The summed E-state index contributed by atoms with van der Waals surface area (Å²) in [5.74, 6) is 2.22. The van der Waals surface area contributed by atoms with E-state index in [9.17, 15) is 0 Å². The average Bonchev–Trinajstić information content (AvgIpc) is 3.31. The molecule has 3 heterocycles. The Bertz CT molecular complexity index is 886. The molecule has 7 heteroatoms. The first kappa shape index (κ1) is 14.8. The van der Waals surface area contributed by atoms with Gasteiger partial charge in [-0.25, -0.2) is 4.68 Å². The van der Waals surface area contributed by atoms with Gasteiger partial charge in [0.05, 0.1) is 24.8 Å². The predicted octanol–water partition coefficient (Wildman–Crippen LogP) is 3.41. The Morgan fingerprint density at radius 2 is 2.12 bits per heavy atom. The highest BCUT2D eigenvalue weighted by Gasteiger charge is 2.26. The van der Waals surface area contributed by atoms with Crippen LogP contribution in [0.3, 0.4) is 0 Å². The minimum Gasteiger partial charge on any atom is -0.497 e. The number of methoxy groups -OCH3 is 2. The molecule has 0 saturated carbocycles. The second-order valence-corrected chi connectivity index (χ2v) is 6.21. The molecule has 0 aliphatic carbocycles. The molecule has 122 valence electrons. The van der Waals surface area contributed by atoms with E-state index >= 15 is 0 Å². The van der Waals surface area contributed by atoms with Gasteiger partial charge in [-0.05, 0) is 29.7 Å². The van der Waals surface area contributed by atoms with Gasteiger partial charge in [-0.2, -0.15) is 10.1 Å². The summed E-state index contributed by atoms with van der Waals surface area (Å²) in [5, 5.41) is 9.75. The number of allylic oxidation sites excluding steroid dienone is 1. The Morgan fingerprint density at radius 3 is 2.88 bits per heavy atom. The van der Waals surface area contributed by atoms with Gasteiger partial charge < -0.3 is 14.8 Å². The third kappa shape index (κ3) is 2.43. The highest BCUT2D eigenvalue weighted by molar-refractivity contribution is 7.11. The maximum atomic E-state index is 5.57. The number of nitrogens with zero attached hydrogens (tertiary/aromatic N) is 3. The number of hydrogen-bond acceptors (Lipinski definition) is 6. The molecule has 1 aromatic carbocycles. The maximum absolute atomic E-state index is 5.57. The molecule has 2 aromatic heterocycles. The number of anilines is 1. The summed E-state index contributed by atoms with van der Waals surface area (Å²) in [5.41, 5.74) is 2.02. The SMILES string of the molecule is COc1ccc([C@H]2C=C(c3cccs3)Nc3ncnn32)c(OC)c1. The highest BCUT2D eigenvalue weighted by atomic mass is 32.1. The van der Waals surface area contributed by atoms with E-state index in [1.54, 1.807) is 31.9 Å². The summed E-state index contributed by atoms with van der Waals surface area (Å²) in [6.45, 7) is 0. The van der Waals surface area contributed by atoms with Crippen molar-refractivity contribution in [1.29, 1.82) is 0 Å². The molecule has 6 nitrogen and oxygen atoms in total. The number of fused-ring (bicyclic) bond motifs is 1. The van der Waals surface area contributed by atoms with Gasteiger partial charge in [0, 0.05) is 11.6 Å². The van der Waals surface area contributed by atoms with E-state index < -0.39 is 0 Å². The smallest absolute Gasteiger partial charge is 0.226 e. The van der Waals surface area contributed by atoms with Crippen molar-refractivity contribution in [2.45, 2.75) is 6.04 Å². The lowest BCUT2D eigenvalue weighted by molar-refractivity contribution is 0.387. The number of thiophene rings is 1. The van der Waals surface area contributed by atoms with Crippen molar-refractivity contribution in [2.24, 2.45) is 0 Å². The van der Waals surface area contributed by atoms with E-state index in [0.29, 0.717) is 5.95 Å². The van der Waals surface area contributed by atoms with Crippen LogP contribution in [0.2, 0.25) is 0 Å². The minimum absolute atomic E-state index is 0.110. The summed E-state index contributed by atoms with van der Waals surface area (Å²) in [4.78, 5) is 5.48. The first-order valence-corrected chi connectivity index (χ1v) is 8.32. The molecule has 0 amide bonds. The van der Waals surface area contributed by atoms with Crippen LogP contribution in [0.25, 0.3) is 5.70 Å². The third-order valence-electron chi connectivity index (χ3n) is 3.95. The number of hydrogen-bond donors (Lipinski definition) is 1. The van der Waals surface area contributed by atoms with E-state index in [2.05, 4.69) is 32.9 Å². The summed E-state index contributed by atoms with van der Waals surface area (Å²) in [7, 11) is 3.30. The first-order valence-electron chi connectivity index (χ1n) is 7.44. The summed E-state index contributed by atoms with van der Waals surface area (Å²) in [6, 6.07) is 9.81. The maximum Gasteiger partial charge on any atom is 0.226 e. The normalized spacial score (nSPS) is 16.1. The van der Waals surface area contributed by atoms with Gasteiger partial charge in [-0.15, -0.1) is 11.3 Å². The zero-order valence-corrected chi connectivity index (χ0v) is 14.1. The fraction of sp³-hybridized carbons (Fsp3) is 0.176. The van der Waals surface area contributed by atoms with Gasteiger partial charge in [-0.3, -0.25) is 0 Å². The van der Waals surface area contributed by atoms with E-state index in [-0.39, 0.29) is 6.04 Å². The third-order valence-corrected chi connectivity index (χ3v) is 4.86. The van der Waals surface area contributed by atoms with Crippen molar-refractivity contribution in [3.63, 3.8) is 0 Å². The molecule has 3 aromatic rings. The Labute approximate surface area is 143 Å². The molecule has 0 radical (unpaired) electrons. The van der Waals surface area contributed by atoms with Crippen LogP contribution in [0.4, 0.5) is 5.95 Å². The minimum atomic E-state index is -0.110. The molecule has 24 heavy (non-hydrogen) atoms. The molecule has 1 aliphatic heterocycles. The summed E-state index contributed by atoms with van der Waals surface area (Å²) >= 11 is 1.68. The molecule has 1 N–H and O–H groups in total. The molecule has 1 aliphatic rings. The Morgan fingerprint density at radius 1 is 1.21 bits per heavy atom. The predicted molar refractivity (Wildman–Crippen MR) is 93.6 cm³/mol. The van der Waals surface area contributed by atoms with Gasteiger partial charge in [0.25, 0.3) is 0 Å². The monoisotopic (exact) mass is 340 g/mol. The van der Waals surface area contributed by atoms with Crippen molar-refractivity contribution >= 4 is 23.0 Å². The molecule has 1 atom stereocenters. The standard InChI is InChI=1S/C17H16N4O2S/c1-22-11-5-6-12(15(8-11)23-2)14-9-13(16-4-3-7-24-16)20-17-18-10-19-21(14)17/h3-10,14H,1-2H3,(H,18,19,20)/t14-/m1/s1. The van der Waals surface area contributed by atoms with Crippen LogP contribution < -0.4 is 14.8 Å². The zero-order valence-electron chi connectivity index (χ0n) is 13.3. The largest absolute Gasteiger partial charge is 0.497 e. The van der Waals surface area contributed by atoms with E-state index in [1.165, 1.54) is 0 Å². The number of nitrogens with one attached hydrogen (secondary N) is 1. The molecule has 0 fully saturated rings. The first-order chi connectivity index (χ1) is 11.8. The number of ether oxygens (including phenoxy) is 2. The van der Waals surface area contributed by atoms with Crippen molar-refractivity contribution in [1.82, 2.24) is 14.8 Å². The second kappa shape index (κ2) is 6.01. The van der Waals surface area contributed by atoms with Gasteiger partial charge in [0.15, 0.2) is 0 Å². The Kier molecular flexibility index (Phi) is 3.70. The molecule has 4 rings (SSSR count). The molecule has 0 spiro atoms. The lowest BCUT2D eigenvalue weighted by Gasteiger charge is -2.25. The van der Waals surface area contributed by atoms with E-state index in [1.807, 2.05) is 28.9 Å². The fourth-order valence-electron chi connectivity index (χ4n) is 2.79. The number of aromatic nitrogens is 3. The zero-order chi connectivity index (χ0) is 16.5. The van der Waals surface area contributed by atoms with Crippen LogP contribution in [0.5, 0.6) is 11.5 Å². The van der Waals surface area contributed by atoms with Crippen molar-refractivity contribution in [3.05, 3.63) is 58.6 Å².